The van der Waals surface area contributed by atoms with Crippen LogP contribution < -0.4 is 27.7 Å². The molecule has 0 unspecified atom stereocenters. The van der Waals surface area contributed by atoms with Crippen molar-refractivity contribution in [3.63, 3.8) is 0 Å². The second kappa shape index (κ2) is 44.1. The number of benzene rings is 6. The molecule has 40 heteroatoms. The number of carbonyl (C=O) groups is 4. The minimum atomic E-state index is -0.718. The van der Waals surface area contributed by atoms with Crippen LogP contribution in [-0.4, -0.2) is 133 Å². The van der Waals surface area contributed by atoms with Crippen LogP contribution in [0.3, 0.4) is 0 Å². The molecule has 16 rings (SSSR count). The molecule has 0 atom stereocenters. The Balaban J connectivity index is 0.000000149. The maximum Gasteiger partial charge on any atom is 0.310 e. The van der Waals surface area contributed by atoms with Crippen molar-refractivity contribution in [2.24, 2.45) is 30.7 Å². The molecule has 656 valence electrons. The minimum Gasteiger partial charge on any atom is -0.506 e. The fourth-order valence-corrected chi connectivity index (χ4v) is 14.9. The number of imide groups is 1. The van der Waals surface area contributed by atoms with Crippen molar-refractivity contribution in [3.8, 4) is 34.5 Å². The van der Waals surface area contributed by atoms with Crippen molar-refractivity contribution in [3.05, 3.63) is 216 Å². The topological polar surface area (TPSA) is 557 Å². The number of nitro benzene ring substituents is 2. The Bertz CT molecular complexity index is 5600. The van der Waals surface area contributed by atoms with Gasteiger partial charge >= 0.3 is 11.4 Å². The van der Waals surface area contributed by atoms with Gasteiger partial charge in [-0.2, -0.15) is 0 Å². The molecule has 0 spiro atoms. The maximum atomic E-state index is 12.7. The molecule has 0 bridgehead atoms. The number of hydrogen-bond acceptors (Lipinski definition) is 31. The lowest BCUT2D eigenvalue weighted by Gasteiger charge is -2.23. The van der Waals surface area contributed by atoms with E-state index in [2.05, 4.69) is 51.3 Å². The van der Waals surface area contributed by atoms with Gasteiger partial charge in [0.05, 0.1) is 95.3 Å². The van der Waals surface area contributed by atoms with Crippen molar-refractivity contribution < 1.29 is 88.1 Å². The van der Waals surface area contributed by atoms with Gasteiger partial charge in [-0.15, -0.1) is 30.7 Å². The first-order chi connectivity index (χ1) is 59.7. The second-order valence-electron chi connectivity index (χ2n) is 29.7. The van der Waals surface area contributed by atoms with E-state index in [0.29, 0.717) is 97.4 Å². The number of aldehydes is 2. The number of nitrogens with zero attached hydrogens (tertiary/aromatic N) is 11. The van der Waals surface area contributed by atoms with Gasteiger partial charge in [-0.05, 0) is 181 Å². The van der Waals surface area contributed by atoms with Gasteiger partial charge < -0.3 is 64.8 Å². The summed E-state index contributed by atoms with van der Waals surface area (Å²) in [6, 6.07) is 27.0. The number of aromatic amines is 3. The predicted molar refractivity (Wildman–Crippen MR) is 452 cm³/mol. The number of nitro groups is 2. The van der Waals surface area contributed by atoms with E-state index >= 15 is 0 Å². The zero-order valence-electron chi connectivity index (χ0n) is 68.1. The average Bonchev–Trinajstić information content (AvgIpc) is 1.67. The Kier molecular flexibility index (Phi) is 32.6. The Morgan fingerprint density at radius 2 is 0.726 bits per heavy atom. The Labute approximate surface area is 711 Å². The number of nitrogens with two attached hydrogens (primary N) is 1. The van der Waals surface area contributed by atoms with Gasteiger partial charge in [0.25, 0.3) is 27.8 Å². The lowest BCUT2D eigenvalue weighted by Crippen LogP contribution is -2.24. The fourth-order valence-electron chi connectivity index (χ4n) is 14.2. The van der Waals surface area contributed by atoms with Crippen LogP contribution in [0.4, 0.5) is 56.0 Å². The SMILES string of the molecule is Cc1[nH]n(C2CCCCC2)c(=O)c1N=Nc1ccc(/C=C2\SC(=O)NC2=O)cc1O.Cc1[nH]n(C2CCCCC2)c(=O)c1N=Nc1ccc(C2OCCCO2)cc1O.Cc1[nH]n(C2CCCCC2)c(=O)c1N=Nc1ccc(C=O)cc1O.Nc1ccc(C2OCCCO2)cc1O.O=Cc1ccc([N+](=O)[O-])c(O)c1.O=[N+]([O-])c1ccc(C2OCCCO2)cc1O. The van der Waals surface area contributed by atoms with Crippen molar-refractivity contribution >= 4 is 92.7 Å². The Morgan fingerprint density at radius 3 is 1.06 bits per heavy atom. The predicted octanol–water partition coefficient (Wildman–Crippen LogP) is 17.2. The van der Waals surface area contributed by atoms with E-state index in [0.717, 1.165) is 131 Å². The quantitative estimate of drug-likeness (QED) is 0.00767. The van der Waals surface area contributed by atoms with E-state index < -0.39 is 45.0 Å². The number of H-pyrrole nitrogens is 3. The number of anilines is 1. The summed E-state index contributed by atoms with van der Waals surface area (Å²) in [7, 11) is 0. The van der Waals surface area contributed by atoms with Gasteiger partial charge in [0.2, 0.25) is 0 Å². The van der Waals surface area contributed by atoms with Crippen LogP contribution in [0.25, 0.3) is 6.08 Å². The first-order valence-corrected chi connectivity index (χ1v) is 41.1. The number of nitrogens with one attached hydrogen (secondary N) is 4. The fraction of sp³-hybridized carbons (Fsp3) is 0.393. The summed E-state index contributed by atoms with van der Waals surface area (Å²) in [5, 5.41) is 114. The molecule has 6 aromatic carbocycles. The largest absolute Gasteiger partial charge is 0.506 e. The zero-order valence-corrected chi connectivity index (χ0v) is 68.9. The number of amides is 2. The number of phenols is 6. The minimum absolute atomic E-state index is 0.0279. The second-order valence-corrected chi connectivity index (χ2v) is 30.7. The summed E-state index contributed by atoms with van der Waals surface area (Å²) in [5.41, 5.74) is 11.2. The van der Waals surface area contributed by atoms with Crippen LogP contribution in [-0.2, 0) is 33.2 Å². The highest BCUT2D eigenvalue weighted by atomic mass is 32.2. The standard InChI is InChI=1S/C20H21N5O4S.C20H26N4O4.C17H20N4O3.C10H11NO5.C10H13NO3.C7H5NO4/c1-11-17(19(28)25(24-11)13-5-3-2-4-6-13)23-22-14-8-7-12(9-15(14)26)10-16-18(27)21-20(29)30-16;1-13-18(19(26)24(23-13)15-6-3-2-4-7-15)22-21-16-9-8-14(12-17(16)25)20-27-10-5-11-28-20;1-11-16(17(24)21(20-11)13-5-3-2-4-6-13)19-18-14-8-7-12(10-22)9-15(14)23;12-9-6-7(2-3-8(9)11(13)14)10-15-4-1-5-16-10;11-8-3-2-7(6-9(8)12)10-13-4-1-5-14-10;9-4-5-1-2-6(8(11)12)7(10)3-5/h7-10,13,24,26H,2-6H2,1H3,(H,21,27,29);8-9,12,15,20,23,25H,2-7,10-11H2,1H3;7-10,13,20,23H,2-6H2,1H3;2-3,6,10,12H,1,4-5H2;2-3,6,10,12H,1,4-5,11H2;1-4,10H/b16-10-,23-22?;;;;;. The summed E-state index contributed by atoms with van der Waals surface area (Å²) in [4.78, 5) is 101. The maximum absolute atomic E-state index is 12.7. The molecule has 2 amide bonds. The molecule has 4 aliphatic heterocycles. The Hall–Kier alpha value is -13.1. The number of nitrogen functional groups attached to an aromatic ring is 1. The lowest BCUT2D eigenvalue weighted by molar-refractivity contribution is -0.386. The van der Waals surface area contributed by atoms with Gasteiger partial charge in [-0.3, -0.25) is 74.4 Å². The van der Waals surface area contributed by atoms with Gasteiger partial charge in [0.15, 0.2) is 47.4 Å². The number of azo groups is 3. The molecule has 124 heavy (non-hydrogen) atoms. The molecule has 7 aliphatic rings. The summed E-state index contributed by atoms with van der Waals surface area (Å²) in [6.45, 7) is 9.19. The number of phenolic OH excluding ortho intramolecular Hbond substituents is 6. The van der Waals surface area contributed by atoms with Crippen molar-refractivity contribution in [1.29, 1.82) is 0 Å². The average molecular weight is 1730 g/mol. The number of hydrogen-bond donors (Lipinski definition) is 11. The van der Waals surface area contributed by atoms with Gasteiger partial charge in [0, 0.05) is 39.9 Å². The molecule has 4 saturated heterocycles. The molecule has 39 nitrogen and oxygen atoms in total. The third kappa shape index (κ3) is 24.4. The highest BCUT2D eigenvalue weighted by Crippen LogP contribution is 2.39. The van der Waals surface area contributed by atoms with Crippen molar-refractivity contribution in [1.82, 2.24) is 34.7 Å². The van der Waals surface area contributed by atoms with Crippen molar-refractivity contribution in [2.75, 3.05) is 45.4 Å². The number of carbonyl (C=O) groups excluding carboxylic acids is 4. The highest BCUT2D eigenvalue weighted by Gasteiger charge is 2.29. The molecule has 12 N–H and O–H groups in total. The number of aromatic hydroxyl groups is 6. The number of aromatic nitrogens is 6. The van der Waals surface area contributed by atoms with E-state index in [4.69, 9.17) is 39.3 Å². The first kappa shape index (κ1) is 91.6. The highest BCUT2D eigenvalue weighted by molar-refractivity contribution is 8.18. The molecule has 7 heterocycles. The first-order valence-electron chi connectivity index (χ1n) is 40.3. The van der Waals surface area contributed by atoms with Gasteiger partial charge in [0.1, 0.15) is 52.6 Å². The monoisotopic (exact) mass is 1730 g/mol. The van der Waals surface area contributed by atoms with E-state index in [1.807, 2.05) is 6.92 Å². The smallest absolute Gasteiger partial charge is 0.310 e. The van der Waals surface area contributed by atoms with E-state index in [9.17, 15) is 79.3 Å². The zero-order chi connectivity index (χ0) is 88.5. The molecule has 7 fully saturated rings. The molecule has 9 aromatic rings. The summed E-state index contributed by atoms with van der Waals surface area (Å²) in [6.07, 6.45) is 20.2. The van der Waals surface area contributed by atoms with E-state index in [1.165, 1.54) is 79.9 Å². The van der Waals surface area contributed by atoms with Crippen LogP contribution in [0.5, 0.6) is 34.5 Å². The number of thioether (sulfide) groups is 1. The van der Waals surface area contributed by atoms with E-state index in [1.54, 1.807) is 70.4 Å². The van der Waals surface area contributed by atoms with Crippen LogP contribution in [0.1, 0.15) is 213 Å². The van der Waals surface area contributed by atoms with Crippen LogP contribution in [0, 0.1) is 41.0 Å². The molecular weight excluding hydrogens is 1630 g/mol. The lowest BCUT2D eigenvalue weighted by atomic mass is 9.96. The normalized spacial score (nSPS) is 17.3. The molecular formula is C84H96N16O23S. The number of rotatable bonds is 17. The van der Waals surface area contributed by atoms with Crippen LogP contribution in [0.2, 0.25) is 0 Å². The molecule has 3 aromatic heterocycles. The number of aryl methyl sites for hydroxylation is 3. The van der Waals surface area contributed by atoms with E-state index in [-0.39, 0.29) is 114 Å². The molecule has 3 aliphatic carbocycles. The summed E-state index contributed by atoms with van der Waals surface area (Å²) in [5.74, 6) is -1.59. The third-order valence-electron chi connectivity index (χ3n) is 20.7. The van der Waals surface area contributed by atoms with Gasteiger partial charge in [-0.1, -0.05) is 76.0 Å². The Morgan fingerprint density at radius 1 is 0.411 bits per heavy atom. The number of ether oxygens (including phenoxy) is 6. The van der Waals surface area contributed by atoms with Crippen LogP contribution in [0.15, 0.2) is 159 Å². The third-order valence-corrected chi connectivity index (χ3v) is 21.6. The van der Waals surface area contributed by atoms with Crippen molar-refractivity contribution in [2.45, 2.75) is 173 Å². The summed E-state index contributed by atoms with van der Waals surface area (Å²) < 4.78 is 37.5. The molecule has 0 radical (unpaired) electrons. The summed E-state index contributed by atoms with van der Waals surface area (Å²) >= 11 is 0.801. The van der Waals surface area contributed by atoms with Crippen LogP contribution >= 0.6 is 11.8 Å². The van der Waals surface area contributed by atoms with Gasteiger partial charge in [-0.25, -0.2) is 14.0 Å². The molecule has 3 saturated carbocycles.